The Labute approximate surface area is 118 Å². The molecule has 2 aromatic carbocycles. The fourth-order valence-corrected chi connectivity index (χ4v) is 2.55. The molecule has 1 unspecified atom stereocenters. The number of hydrazone groups is 1. The minimum Gasteiger partial charge on any atom is -0.273 e. The predicted octanol–water partition coefficient (Wildman–Crippen LogP) is 3.21. The maximum atomic E-state index is 11.4. The highest BCUT2D eigenvalue weighted by atomic mass is 16.2. The van der Waals surface area contributed by atoms with Gasteiger partial charge in [0.1, 0.15) is 0 Å². The van der Waals surface area contributed by atoms with Gasteiger partial charge in [-0.25, -0.2) is 5.43 Å². The van der Waals surface area contributed by atoms with E-state index in [2.05, 4.69) is 34.8 Å². The lowest BCUT2D eigenvalue weighted by molar-refractivity contribution is -0.121. The summed E-state index contributed by atoms with van der Waals surface area (Å²) in [6.07, 6.45) is 0.488. The summed E-state index contributed by atoms with van der Waals surface area (Å²) in [7, 11) is 0. The quantitative estimate of drug-likeness (QED) is 0.889. The average Bonchev–Trinajstić information content (AvgIpc) is 2.48. The molecule has 0 saturated carbocycles. The van der Waals surface area contributed by atoms with Crippen LogP contribution in [0.15, 0.2) is 59.7 Å². The number of hydrogen-bond acceptors (Lipinski definition) is 2. The molecule has 1 atom stereocenters. The van der Waals surface area contributed by atoms with E-state index in [1.165, 1.54) is 0 Å². The van der Waals surface area contributed by atoms with Crippen LogP contribution in [0.2, 0.25) is 0 Å². The summed E-state index contributed by atoms with van der Waals surface area (Å²) in [6.45, 7) is 2.04. The molecule has 1 amide bonds. The molecule has 1 aliphatic rings. The van der Waals surface area contributed by atoms with Crippen LogP contribution in [0.3, 0.4) is 0 Å². The van der Waals surface area contributed by atoms with Crippen molar-refractivity contribution in [2.45, 2.75) is 13.3 Å². The Kier molecular flexibility index (Phi) is 3.33. The third-order valence-electron chi connectivity index (χ3n) is 3.55. The summed E-state index contributed by atoms with van der Waals surface area (Å²) >= 11 is 0. The lowest BCUT2D eigenvalue weighted by Crippen LogP contribution is -2.32. The molecule has 0 aromatic heterocycles. The standard InChI is InChI=1S/C17H16N2O/c1-12-11-16(20)18-19-17(12)15-10-6-5-9-14(15)13-7-3-2-4-8-13/h2-10,12H,11H2,1H3,(H,18,20). The van der Waals surface area contributed by atoms with Crippen LogP contribution in [-0.4, -0.2) is 11.6 Å². The maximum Gasteiger partial charge on any atom is 0.240 e. The van der Waals surface area contributed by atoms with Crippen molar-refractivity contribution in [3.05, 3.63) is 60.2 Å². The van der Waals surface area contributed by atoms with Crippen molar-refractivity contribution in [1.29, 1.82) is 0 Å². The minimum atomic E-state index is -0.0153. The molecule has 1 heterocycles. The number of amides is 1. The molecule has 0 bridgehead atoms. The summed E-state index contributed by atoms with van der Waals surface area (Å²) in [6, 6.07) is 18.4. The molecule has 1 N–H and O–H groups in total. The number of rotatable bonds is 2. The number of nitrogens with zero attached hydrogens (tertiary/aromatic N) is 1. The number of carbonyl (C=O) groups excluding carboxylic acids is 1. The largest absolute Gasteiger partial charge is 0.273 e. The first-order valence-corrected chi connectivity index (χ1v) is 6.77. The SMILES string of the molecule is CC1CC(=O)NN=C1c1ccccc1-c1ccccc1. The Bertz CT molecular complexity index is 662. The van der Waals surface area contributed by atoms with Crippen LogP contribution in [0.25, 0.3) is 11.1 Å². The topological polar surface area (TPSA) is 41.5 Å². The minimum absolute atomic E-state index is 0.0153. The van der Waals surface area contributed by atoms with Gasteiger partial charge >= 0.3 is 0 Å². The van der Waals surface area contributed by atoms with Gasteiger partial charge in [0.25, 0.3) is 0 Å². The maximum absolute atomic E-state index is 11.4. The van der Waals surface area contributed by atoms with Gasteiger partial charge in [0.05, 0.1) is 5.71 Å². The van der Waals surface area contributed by atoms with Gasteiger partial charge in [-0.2, -0.15) is 5.10 Å². The fraction of sp³-hybridized carbons (Fsp3) is 0.176. The highest BCUT2D eigenvalue weighted by Crippen LogP contribution is 2.27. The van der Waals surface area contributed by atoms with E-state index in [0.717, 1.165) is 22.4 Å². The van der Waals surface area contributed by atoms with E-state index in [0.29, 0.717) is 6.42 Å². The van der Waals surface area contributed by atoms with E-state index in [4.69, 9.17) is 0 Å². The molecule has 0 radical (unpaired) electrons. The van der Waals surface area contributed by atoms with E-state index in [1.54, 1.807) is 0 Å². The summed E-state index contributed by atoms with van der Waals surface area (Å²) < 4.78 is 0. The van der Waals surface area contributed by atoms with E-state index in [9.17, 15) is 4.79 Å². The Morgan fingerprint density at radius 1 is 1.00 bits per heavy atom. The smallest absolute Gasteiger partial charge is 0.240 e. The molecular weight excluding hydrogens is 248 g/mol. The molecule has 100 valence electrons. The first-order chi connectivity index (χ1) is 9.75. The monoisotopic (exact) mass is 264 g/mol. The second-order valence-electron chi connectivity index (χ2n) is 5.05. The summed E-state index contributed by atoms with van der Waals surface area (Å²) in [5.74, 6) is 0.118. The normalized spacial score (nSPS) is 18.4. The van der Waals surface area contributed by atoms with E-state index < -0.39 is 0 Å². The second kappa shape index (κ2) is 5.29. The Morgan fingerprint density at radius 3 is 2.35 bits per heavy atom. The first-order valence-electron chi connectivity index (χ1n) is 6.77. The number of nitrogens with one attached hydrogen (secondary N) is 1. The summed E-state index contributed by atoms with van der Waals surface area (Å²) in [5.41, 5.74) is 6.94. The van der Waals surface area contributed by atoms with Crippen LogP contribution < -0.4 is 5.43 Å². The zero-order valence-corrected chi connectivity index (χ0v) is 11.3. The molecule has 0 saturated heterocycles. The van der Waals surface area contributed by atoms with Crippen molar-refractivity contribution in [3.8, 4) is 11.1 Å². The van der Waals surface area contributed by atoms with Gasteiger partial charge in [-0.15, -0.1) is 0 Å². The van der Waals surface area contributed by atoms with Gasteiger partial charge in [-0.1, -0.05) is 61.5 Å². The van der Waals surface area contributed by atoms with E-state index in [1.807, 2.05) is 37.3 Å². The molecule has 0 spiro atoms. The molecule has 2 aromatic rings. The number of carbonyl (C=O) groups is 1. The second-order valence-corrected chi connectivity index (χ2v) is 5.05. The predicted molar refractivity (Wildman–Crippen MR) is 80.3 cm³/mol. The van der Waals surface area contributed by atoms with Crippen molar-refractivity contribution in [1.82, 2.24) is 5.43 Å². The van der Waals surface area contributed by atoms with Gasteiger partial charge in [-0.3, -0.25) is 4.79 Å². The van der Waals surface area contributed by atoms with Crippen LogP contribution in [0.4, 0.5) is 0 Å². The molecule has 20 heavy (non-hydrogen) atoms. The molecule has 3 rings (SSSR count). The Morgan fingerprint density at radius 2 is 1.65 bits per heavy atom. The van der Waals surface area contributed by atoms with Crippen molar-refractivity contribution >= 4 is 11.6 Å². The third kappa shape index (κ3) is 2.35. The summed E-state index contributed by atoms with van der Waals surface area (Å²) in [4.78, 5) is 11.4. The third-order valence-corrected chi connectivity index (χ3v) is 3.55. The van der Waals surface area contributed by atoms with Gasteiger partial charge in [0.15, 0.2) is 0 Å². The lowest BCUT2D eigenvalue weighted by Gasteiger charge is -2.21. The zero-order valence-electron chi connectivity index (χ0n) is 11.3. The Hall–Kier alpha value is -2.42. The van der Waals surface area contributed by atoms with Crippen LogP contribution >= 0.6 is 0 Å². The fourth-order valence-electron chi connectivity index (χ4n) is 2.55. The number of hydrogen-bond donors (Lipinski definition) is 1. The molecule has 3 nitrogen and oxygen atoms in total. The van der Waals surface area contributed by atoms with E-state index >= 15 is 0 Å². The average molecular weight is 264 g/mol. The van der Waals surface area contributed by atoms with Crippen LogP contribution in [0.1, 0.15) is 18.9 Å². The molecule has 0 aliphatic carbocycles. The van der Waals surface area contributed by atoms with Crippen molar-refractivity contribution in [2.75, 3.05) is 0 Å². The van der Waals surface area contributed by atoms with Crippen LogP contribution in [-0.2, 0) is 4.79 Å². The first kappa shape index (κ1) is 12.6. The lowest BCUT2D eigenvalue weighted by atomic mass is 9.89. The van der Waals surface area contributed by atoms with Crippen molar-refractivity contribution < 1.29 is 4.79 Å². The molecule has 0 fully saturated rings. The van der Waals surface area contributed by atoms with Crippen LogP contribution in [0, 0.1) is 5.92 Å². The summed E-state index contributed by atoms with van der Waals surface area (Å²) in [5, 5.41) is 4.27. The number of benzene rings is 2. The van der Waals surface area contributed by atoms with Crippen LogP contribution in [0.5, 0.6) is 0 Å². The zero-order chi connectivity index (χ0) is 13.9. The van der Waals surface area contributed by atoms with Gasteiger partial charge < -0.3 is 0 Å². The van der Waals surface area contributed by atoms with Gasteiger partial charge in [-0.05, 0) is 11.1 Å². The van der Waals surface area contributed by atoms with Crippen molar-refractivity contribution in [2.24, 2.45) is 11.0 Å². The van der Waals surface area contributed by atoms with Gasteiger partial charge in [0.2, 0.25) is 5.91 Å². The molecule has 1 aliphatic heterocycles. The molecule has 3 heteroatoms. The molecular formula is C17H16N2O. The highest BCUT2D eigenvalue weighted by Gasteiger charge is 2.23. The highest BCUT2D eigenvalue weighted by molar-refractivity contribution is 6.09. The van der Waals surface area contributed by atoms with Gasteiger partial charge in [0, 0.05) is 17.9 Å². The van der Waals surface area contributed by atoms with E-state index in [-0.39, 0.29) is 11.8 Å². The van der Waals surface area contributed by atoms with Crippen molar-refractivity contribution in [3.63, 3.8) is 0 Å². The Balaban J connectivity index is 2.09.